The van der Waals surface area contributed by atoms with Gasteiger partial charge >= 0.3 is 5.69 Å². The van der Waals surface area contributed by atoms with Crippen molar-refractivity contribution < 1.29 is 14.5 Å². The number of amides is 1. The molecule has 3 rings (SSSR count). The zero-order valence-electron chi connectivity index (χ0n) is 9.62. The van der Waals surface area contributed by atoms with Crippen molar-refractivity contribution in [2.24, 2.45) is 0 Å². The van der Waals surface area contributed by atoms with E-state index in [-0.39, 0.29) is 17.0 Å². The van der Waals surface area contributed by atoms with Gasteiger partial charge < -0.3 is 10.1 Å². The minimum absolute atomic E-state index is 0.0325. The van der Waals surface area contributed by atoms with E-state index in [1.54, 1.807) is 24.3 Å². The van der Waals surface area contributed by atoms with Gasteiger partial charge in [0, 0.05) is 6.07 Å². The summed E-state index contributed by atoms with van der Waals surface area (Å²) >= 11 is 0. The summed E-state index contributed by atoms with van der Waals surface area (Å²) < 4.78 is 5.54. The topological polar surface area (TPSA) is 81.5 Å². The predicted octanol–water partition coefficient (Wildman–Crippen LogP) is 2.95. The summed E-state index contributed by atoms with van der Waals surface area (Å²) in [6, 6.07) is 11.0. The Balaban J connectivity index is 2.24. The number of hydrogen-bond acceptors (Lipinski definition) is 4. The van der Waals surface area contributed by atoms with Gasteiger partial charge in [-0.05, 0) is 18.2 Å². The van der Waals surface area contributed by atoms with Crippen LogP contribution in [0.4, 0.5) is 11.4 Å². The Morgan fingerprint density at radius 1 is 1.11 bits per heavy atom. The fourth-order valence-electron chi connectivity index (χ4n) is 1.91. The molecule has 0 saturated heterocycles. The number of carbonyl (C=O) groups excluding carboxylic acids is 1. The van der Waals surface area contributed by atoms with Crippen LogP contribution < -0.4 is 10.1 Å². The molecule has 0 aliphatic carbocycles. The quantitative estimate of drug-likeness (QED) is 0.628. The third kappa shape index (κ3) is 1.79. The highest BCUT2D eigenvalue weighted by Crippen LogP contribution is 2.40. The van der Waals surface area contributed by atoms with Crippen molar-refractivity contribution in [1.29, 1.82) is 0 Å². The number of nitro benzene ring substituents is 1. The highest BCUT2D eigenvalue weighted by atomic mass is 16.6. The molecule has 0 spiro atoms. The molecule has 1 aliphatic rings. The fourth-order valence-corrected chi connectivity index (χ4v) is 1.91. The first-order chi connectivity index (χ1) is 9.16. The van der Waals surface area contributed by atoms with Crippen molar-refractivity contribution >= 4 is 17.3 Å². The van der Waals surface area contributed by atoms with E-state index >= 15 is 0 Å². The Hall–Kier alpha value is -2.89. The molecule has 1 amide bonds. The first-order valence-corrected chi connectivity index (χ1v) is 5.52. The van der Waals surface area contributed by atoms with E-state index < -0.39 is 10.8 Å². The Bertz CT molecular complexity index is 697. The molecule has 6 heteroatoms. The minimum Gasteiger partial charge on any atom is -0.447 e. The molecule has 6 nitrogen and oxygen atoms in total. The van der Waals surface area contributed by atoms with Crippen LogP contribution in [0.1, 0.15) is 10.4 Å². The van der Waals surface area contributed by atoms with E-state index in [2.05, 4.69) is 5.32 Å². The number of para-hydroxylation sites is 3. The number of fused-ring (bicyclic) bond motifs is 2. The van der Waals surface area contributed by atoms with Crippen LogP contribution in [0, 0.1) is 10.1 Å². The first-order valence-electron chi connectivity index (χ1n) is 5.52. The van der Waals surface area contributed by atoms with Crippen LogP contribution in [-0.4, -0.2) is 10.8 Å². The van der Waals surface area contributed by atoms with Crippen LogP contribution in [0.5, 0.6) is 11.5 Å². The van der Waals surface area contributed by atoms with Crippen molar-refractivity contribution in [2.45, 2.75) is 0 Å². The second-order valence-corrected chi connectivity index (χ2v) is 3.96. The summed E-state index contributed by atoms with van der Waals surface area (Å²) in [5.41, 5.74) is 0.396. The number of carbonyl (C=O) groups is 1. The molecule has 0 unspecified atom stereocenters. The maximum Gasteiger partial charge on any atom is 0.312 e. The molecule has 1 heterocycles. The number of benzene rings is 2. The predicted molar refractivity (Wildman–Crippen MR) is 67.6 cm³/mol. The van der Waals surface area contributed by atoms with Crippen molar-refractivity contribution in [1.82, 2.24) is 0 Å². The molecule has 0 fully saturated rings. The van der Waals surface area contributed by atoms with Crippen LogP contribution in [0.3, 0.4) is 0 Å². The maximum atomic E-state index is 12.0. The van der Waals surface area contributed by atoms with Crippen LogP contribution in [-0.2, 0) is 0 Å². The largest absolute Gasteiger partial charge is 0.447 e. The van der Waals surface area contributed by atoms with E-state index in [1.807, 2.05) is 0 Å². The van der Waals surface area contributed by atoms with Gasteiger partial charge in [0.1, 0.15) is 0 Å². The SMILES string of the molecule is O=C1Nc2ccccc2Oc2c1cccc2[N+](=O)[O-]. The first kappa shape index (κ1) is 11.2. The Kier molecular flexibility index (Phi) is 2.42. The summed E-state index contributed by atoms with van der Waals surface area (Å²) in [5.74, 6) is -0.0810. The summed E-state index contributed by atoms with van der Waals surface area (Å²) in [6.45, 7) is 0. The van der Waals surface area contributed by atoms with Crippen LogP contribution in [0.15, 0.2) is 42.5 Å². The molecule has 0 saturated carbocycles. The molecular weight excluding hydrogens is 248 g/mol. The lowest BCUT2D eigenvalue weighted by Gasteiger charge is -2.06. The summed E-state index contributed by atoms with van der Waals surface area (Å²) in [6.07, 6.45) is 0. The van der Waals surface area contributed by atoms with Gasteiger partial charge in [-0.2, -0.15) is 0 Å². The van der Waals surface area contributed by atoms with Crippen LogP contribution in [0.2, 0.25) is 0 Å². The molecular formula is C13H8N2O4. The molecule has 1 aliphatic heterocycles. The normalized spacial score (nSPS) is 12.5. The summed E-state index contributed by atoms with van der Waals surface area (Å²) in [5, 5.41) is 13.7. The van der Waals surface area contributed by atoms with Gasteiger partial charge in [-0.1, -0.05) is 18.2 Å². The number of nitrogens with zero attached hydrogens (tertiary/aromatic N) is 1. The molecule has 0 aromatic heterocycles. The van der Waals surface area contributed by atoms with Gasteiger partial charge in [0.05, 0.1) is 16.2 Å². The molecule has 94 valence electrons. The molecule has 0 radical (unpaired) electrons. The van der Waals surface area contributed by atoms with Crippen molar-refractivity contribution in [3.8, 4) is 11.5 Å². The second kappa shape index (κ2) is 4.09. The van der Waals surface area contributed by atoms with Crippen molar-refractivity contribution in [3.63, 3.8) is 0 Å². The van der Waals surface area contributed by atoms with Gasteiger partial charge in [0.2, 0.25) is 5.75 Å². The van der Waals surface area contributed by atoms with Gasteiger partial charge in [-0.25, -0.2) is 0 Å². The Labute approximate surface area is 107 Å². The van der Waals surface area contributed by atoms with E-state index in [9.17, 15) is 14.9 Å². The van der Waals surface area contributed by atoms with E-state index in [0.717, 1.165) is 0 Å². The monoisotopic (exact) mass is 256 g/mol. The lowest BCUT2D eigenvalue weighted by atomic mass is 10.1. The number of ether oxygens (including phenoxy) is 1. The number of nitro groups is 1. The third-order valence-corrected chi connectivity index (χ3v) is 2.78. The van der Waals surface area contributed by atoms with Crippen molar-refractivity contribution in [3.05, 3.63) is 58.1 Å². The minimum atomic E-state index is -0.569. The Morgan fingerprint density at radius 2 is 1.89 bits per heavy atom. The molecule has 0 bridgehead atoms. The smallest absolute Gasteiger partial charge is 0.312 e. The van der Waals surface area contributed by atoms with Crippen LogP contribution >= 0.6 is 0 Å². The summed E-state index contributed by atoms with van der Waals surface area (Å²) in [4.78, 5) is 22.5. The van der Waals surface area contributed by atoms with Gasteiger partial charge in [-0.3, -0.25) is 14.9 Å². The maximum absolute atomic E-state index is 12.0. The Morgan fingerprint density at radius 3 is 2.68 bits per heavy atom. The lowest BCUT2D eigenvalue weighted by Crippen LogP contribution is -2.10. The molecule has 19 heavy (non-hydrogen) atoms. The van der Waals surface area contributed by atoms with Gasteiger partial charge in [0.25, 0.3) is 5.91 Å². The number of anilines is 1. The number of rotatable bonds is 1. The third-order valence-electron chi connectivity index (χ3n) is 2.78. The average Bonchev–Trinajstić information content (AvgIpc) is 2.54. The zero-order valence-corrected chi connectivity index (χ0v) is 9.62. The number of nitrogens with one attached hydrogen (secondary N) is 1. The summed E-state index contributed by atoms with van der Waals surface area (Å²) in [7, 11) is 0. The zero-order chi connectivity index (χ0) is 13.4. The standard InChI is InChI=1S/C13H8N2O4/c16-13-8-4-3-6-10(15(17)18)12(8)19-11-7-2-1-5-9(11)14-13/h1-7H,(H,14,16). The molecule has 0 atom stereocenters. The lowest BCUT2D eigenvalue weighted by molar-refractivity contribution is -0.385. The van der Waals surface area contributed by atoms with Gasteiger partial charge in [0.15, 0.2) is 5.75 Å². The fraction of sp³-hybridized carbons (Fsp3) is 0. The van der Waals surface area contributed by atoms with Crippen molar-refractivity contribution in [2.75, 3.05) is 5.32 Å². The molecule has 2 aromatic rings. The average molecular weight is 256 g/mol. The van der Waals surface area contributed by atoms with E-state index in [0.29, 0.717) is 11.4 Å². The highest BCUT2D eigenvalue weighted by molar-refractivity contribution is 6.08. The second-order valence-electron chi connectivity index (χ2n) is 3.96. The van der Waals surface area contributed by atoms with E-state index in [4.69, 9.17) is 4.74 Å². The molecule has 1 N–H and O–H groups in total. The van der Waals surface area contributed by atoms with Gasteiger partial charge in [-0.15, -0.1) is 0 Å². The molecule has 2 aromatic carbocycles. The highest BCUT2D eigenvalue weighted by Gasteiger charge is 2.27. The van der Waals surface area contributed by atoms with E-state index in [1.165, 1.54) is 18.2 Å². The number of hydrogen-bond donors (Lipinski definition) is 1. The van der Waals surface area contributed by atoms with Crippen LogP contribution in [0.25, 0.3) is 0 Å².